The second-order valence-electron chi connectivity index (χ2n) is 6.47. The van der Waals surface area contributed by atoms with Crippen LogP contribution in [0.25, 0.3) is 0 Å². The maximum Gasteiger partial charge on any atom is 0.194 e. The Morgan fingerprint density at radius 1 is 0.875 bits per heavy atom. The second kappa shape index (κ2) is 5.96. The van der Waals surface area contributed by atoms with Crippen molar-refractivity contribution in [2.45, 2.75) is 13.0 Å². The van der Waals surface area contributed by atoms with Crippen molar-refractivity contribution in [2.75, 3.05) is 26.2 Å². The van der Waals surface area contributed by atoms with Gasteiger partial charge in [-0.05, 0) is 24.6 Å². The van der Waals surface area contributed by atoms with Gasteiger partial charge in [0.25, 0.3) is 0 Å². The predicted molar refractivity (Wildman–Crippen MR) is 92.6 cm³/mol. The summed E-state index contributed by atoms with van der Waals surface area (Å²) in [5.41, 5.74) is 3.18. The molecule has 1 atom stereocenters. The Morgan fingerprint density at radius 2 is 1.46 bits per heavy atom. The van der Waals surface area contributed by atoms with E-state index in [2.05, 4.69) is 17.1 Å². The van der Waals surface area contributed by atoms with Crippen LogP contribution in [0.3, 0.4) is 0 Å². The smallest absolute Gasteiger partial charge is 0.194 e. The molecule has 2 aromatic rings. The van der Waals surface area contributed by atoms with Crippen LogP contribution in [0.5, 0.6) is 0 Å². The van der Waals surface area contributed by atoms with Crippen LogP contribution in [0.4, 0.5) is 0 Å². The third kappa shape index (κ3) is 2.39. The highest BCUT2D eigenvalue weighted by atomic mass is 16.1. The van der Waals surface area contributed by atoms with Crippen molar-refractivity contribution >= 4 is 11.6 Å². The molecular weight excluding hydrogens is 300 g/mol. The van der Waals surface area contributed by atoms with E-state index in [9.17, 15) is 9.59 Å². The number of rotatable bonds is 2. The molecule has 1 N–H and O–H groups in total. The lowest BCUT2D eigenvalue weighted by molar-refractivity contribution is 0.0978. The Bertz CT molecular complexity index is 822. The van der Waals surface area contributed by atoms with Crippen LogP contribution in [-0.4, -0.2) is 42.6 Å². The number of carbonyl (C=O) groups is 2. The van der Waals surface area contributed by atoms with Crippen LogP contribution < -0.4 is 5.32 Å². The summed E-state index contributed by atoms with van der Waals surface area (Å²) in [7, 11) is 0. The molecule has 0 spiro atoms. The van der Waals surface area contributed by atoms with Gasteiger partial charge in [0.15, 0.2) is 11.6 Å². The van der Waals surface area contributed by atoms with Crippen molar-refractivity contribution in [3.63, 3.8) is 0 Å². The van der Waals surface area contributed by atoms with Gasteiger partial charge < -0.3 is 5.32 Å². The molecular formula is C20H20N2O2. The van der Waals surface area contributed by atoms with Crippen LogP contribution >= 0.6 is 0 Å². The number of fused-ring (bicyclic) bond motifs is 2. The minimum Gasteiger partial charge on any atom is -0.314 e. The number of hydrogen-bond donors (Lipinski definition) is 1. The van der Waals surface area contributed by atoms with Gasteiger partial charge in [0.1, 0.15) is 0 Å². The number of hydrogen-bond acceptors (Lipinski definition) is 4. The molecule has 1 saturated heterocycles. The molecule has 1 fully saturated rings. The van der Waals surface area contributed by atoms with E-state index in [1.54, 1.807) is 18.2 Å². The minimum absolute atomic E-state index is 0.0467. The van der Waals surface area contributed by atoms with Crippen molar-refractivity contribution in [1.82, 2.24) is 10.2 Å². The third-order valence-electron chi connectivity index (χ3n) is 5.13. The van der Waals surface area contributed by atoms with Crippen molar-refractivity contribution in [2.24, 2.45) is 0 Å². The first-order chi connectivity index (χ1) is 11.7. The summed E-state index contributed by atoms with van der Waals surface area (Å²) in [5, 5.41) is 3.35. The van der Waals surface area contributed by atoms with E-state index in [0.717, 1.165) is 31.7 Å². The highest BCUT2D eigenvalue weighted by Gasteiger charge is 2.30. The Balaban J connectivity index is 1.73. The molecule has 0 radical (unpaired) electrons. The molecule has 0 bridgehead atoms. The van der Waals surface area contributed by atoms with E-state index >= 15 is 0 Å². The topological polar surface area (TPSA) is 49.4 Å². The molecule has 1 aliphatic heterocycles. The quantitative estimate of drug-likeness (QED) is 0.788. The number of ketones is 2. The zero-order valence-electron chi connectivity index (χ0n) is 13.7. The number of piperazine rings is 1. The summed E-state index contributed by atoms with van der Waals surface area (Å²) in [6.45, 7) is 6.12. The first kappa shape index (κ1) is 15.2. The van der Waals surface area contributed by atoms with Crippen LogP contribution in [-0.2, 0) is 0 Å². The molecule has 0 saturated carbocycles. The van der Waals surface area contributed by atoms with Gasteiger partial charge in [-0.1, -0.05) is 30.3 Å². The Morgan fingerprint density at radius 3 is 2.12 bits per heavy atom. The molecule has 4 nitrogen and oxygen atoms in total. The average Bonchev–Trinajstić information content (AvgIpc) is 2.66. The van der Waals surface area contributed by atoms with Crippen LogP contribution in [0, 0.1) is 0 Å². The molecule has 4 heteroatoms. The van der Waals surface area contributed by atoms with Gasteiger partial charge in [0.05, 0.1) is 0 Å². The fourth-order valence-electron chi connectivity index (χ4n) is 3.66. The highest BCUT2D eigenvalue weighted by molar-refractivity contribution is 6.28. The van der Waals surface area contributed by atoms with Crippen molar-refractivity contribution in [3.8, 4) is 0 Å². The average molecular weight is 320 g/mol. The lowest BCUT2D eigenvalue weighted by atomic mass is 9.83. The number of benzene rings is 2. The highest BCUT2D eigenvalue weighted by Crippen LogP contribution is 2.30. The number of nitrogens with one attached hydrogen (secondary N) is 1. The largest absolute Gasteiger partial charge is 0.314 e. The van der Waals surface area contributed by atoms with E-state index in [1.807, 2.05) is 24.3 Å². The Labute approximate surface area is 141 Å². The fraction of sp³-hybridized carbons (Fsp3) is 0.300. The molecule has 4 rings (SSSR count). The number of carbonyl (C=O) groups excluding carboxylic acids is 2. The zero-order valence-corrected chi connectivity index (χ0v) is 13.7. The van der Waals surface area contributed by atoms with Crippen LogP contribution in [0.15, 0.2) is 42.5 Å². The molecule has 2 aromatic carbocycles. The molecule has 1 aliphatic carbocycles. The van der Waals surface area contributed by atoms with Crippen molar-refractivity contribution in [3.05, 3.63) is 70.3 Å². The van der Waals surface area contributed by atoms with Crippen molar-refractivity contribution < 1.29 is 9.59 Å². The molecule has 1 heterocycles. The van der Waals surface area contributed by atoms with E-state index in [1.165, 1.54) is 0 Å². The predicted octanol–water partition coefficient (Wildman–Crippen LogP) is 2.43. The molecule has 24 heavy (non-hydrogen) atoms. The first-order valence-corrected chi connectivity index (χ1v) is 8.44. The lowest BCUT2D eigenvalue weighted by Crippen LogP contribution is -2.44. The molecule has 1 unspecified atom stereocenters. The summed E-state index contributed by atoms with van der Waals surface area (Å²) < 4.78 is 0. The van der Waals surface area contributed by atoms with Gasteiger partial charge in [-0.25, -0.2) is 0 Å². The Kier molecular flexibility index (Phi) is 3.79. The van der Waals surface area contributed by atoms with Gasteiger partial charge >= 0.3 is 0 Å². The minimum atomic E-state index is -0.0541. The normalized spacial score (nSPS) is 18.9. The maximum atomic E-state index is 12.8. The monoisotopic (exact) mass is 320 g/mol. The SMILES string of the molecule is CC(c1ccc2c(c1)C(=O)c1ccccc1C2=O)N1CCNCC1. The molecule has 122 valence electrons. The molecule has 0 amide bonds. The lowest BCUT2D eigenvalue weighted by Gasteiger charge is -2.33. The van der Waals surface area contributed by atoms with Crippen molar-refractivity contribution in [1.29, 1.82) is 0 Å². The standard InChI is InChI=1S/C20H20N2O2/c1-13(22-10-8-21-9-11-22)14-6-7-17-18(12-14)20(24)16-5-3-2-4-15(16)19(17)23/h2-7,12-13,21H,8-11H2,1H3. The summed E-state index contributed by atoms with van der Waals surface area (Å²) in [4.78, 5) is 27.9. The molecule has 0 aromatic heterocycles. The summed E-state index contributed by atoms with van der Waals surface area (Å²) >= 11 is 0. The van der Waals surface area contributed by atoms with Gasteiger partial charge in [-0.3, -0.25) is 14.5 Å². The van der Waals surface area contributed by atoms with Gasteiger partial charge in [0, 0.05) is 54.5 Å². The van der Waals surface area contributed by atoms with Gasteiger partial charge in [0.2, 0.25) is 0 Å². The van der Waals surface area contributed by atoms with E-state index < -0.39 is 0 Å². The summed E-state index contributed by atoms with van der Waals surface area (Å²) in [5.74, 6) is -0.101. The fourth-order valence-corrected chi connectivity index (χ4v) is 3.66. The van der Waals surface area contributed by atoms with Gasteiger partial charge in [-0.15, -0.1) is 0 Å². The molecule has 2 aliphatic rings. The van der Waals surface area contributed by atoms with Crippen LogP contribution in [0.1, 0.15) is 50.4 Å². The van der Waals surface area contributed by atoms with E-state index in [-0.39, 0.29) is 17.6 Å². The first-order valence-electron chi connectivity index (χ1n) is 8.44. The van der Waals surface area contributed by atoms with Crippen LogP contribution in [0.2, 0.25) is 0 Å². The Hall–Kier alpha value is -2.30. The maximum absolute atomic E-state index is 12.8. The van der Waals surface area contributed by atoms with E-state index in [4.69, 9.17) is 0 Å². The van der Waals surface area contributed by atoms with E-state index in [0.29, 0.717) is 22.3 Å². The zero-order chi connectivity index (χ0) is 16.7. The summed E-state index contributed by atoms with van der Waals surface area (Å²) in [6, 6.07) is 13.0. The third-order valence-corrected chi connectivity index (χ3v) is 5.13. The number of nitrogens with zero attached hydrogens (tertiary/aromatic N) is 1. The van der Waals surface area contributed by atoms with Gasteiger partial charge in [-0.2, -0.15) is 0 Å². The second-order valence-corrected chi connectivity index (χ2v) is 6.47. The summed E-state index contributed by atoms with van der Waals surface area (Å²) in [6.07, 6.45) is 0.